The number of hydrogen-bond donors (Lipinski definition) is 0. The summed E-state index contributed by atoms with van der Waals surface area (Å²) in [6.45, 7) is 11.9. The van der Waals surface area contributed by atoms with E-state index in [1.165, 1.54) is 5.56 Å². The van der Waals surface area contributed by atoms with Gasteiger partial charge in [-0.25, -0.2) is 0 Å². The minimum absolute atomic E-state index is 0.149. The molecule has 4 rings (SSSR count). The van der Waals surface area contributed by atoms with Crippen molar-refractivity contribution in [3.63, 3.8) is 0 Å². The summed E-state index contributed by atoms with van der Waals surface area (Å²) in [6, 6.07) is 12.7. The van der Waals surface area contributed by atoms with Crippen LogP contribution in [0.1, 0.15) is 73.3 Å². The van der Waals surface area contributed by atoms with Gasteiger partial charge in [-0.15, -0.1) is 0 Å². The van der Waals surface area contributed by atoms with E-state index in [4.69, 9.17) is 16.0 Å². The summed E-state index contributed by atoms with van der Waals surface area (Å²) in [5.74, 6) is 0.324. The molecule has 0 fully saturated rings. The molecular weight excluding hydrogens is 436 g/mol. The Hall–Kier alpha value is -2.63. The Bertz CT molecular complexity index is 1210. The zero-order valence-electron chi connectivity index (χ0n) is 19.7. The quantitative estimate of drug-likeness (QED) is 0.418. The van der Waals surface area contributed by atoms with Gasteiger partial charge in [0, 0.05) is 11.6 Å². The molecule has 3 aromatic rings. The van der Waals surface area contributed by atoms with Gasteiger partial charge in [0.05, 0.1) is 17.0 Å². The third kappa shape index (κ3) is 4.44. The Balaban J connectivity index is 1.80. The fourth-order valence-corrected chi connectivity index (χ4v) is 4.81. The van der Waals surface area contributed by atoms with Crippen molar-refractivity contribution in [2.45, 2.75) is 46.1 Å². The van der Waals surface area contributed by atoms with Crippen LogP contribution in [0, 0.1) is 0 Å². The molecule has 33 heavy (non-hydrogen) atoms. The fraction of sp³-hybridized carbons (Fsp3) is 0.407. The van der Waals surface area contributed by atoms with Crippen LogP contribution < -0.4 is 5.43 Å². The minimum atomic E-state index is -0.468. The standard InChI is InChI=1S/C27H31ClN2O3/c1-5-29(6-2)14-7-15-30-24(19-10-8-18(9-11-19)17(3)4)23-25(31)21-16-20(28)12-13-22(21)33-26(23)27(30)32/h8-13,16-17,24H,5-7,14-15H2,1-4H3. The van der Waals surface area contributed by atoms with E-state index < -0.39 is 6.04 Å². The molecule has 0 spiro atoms. The monoisotopic (exact) mass is 466 g/mol. The fourth-order valence-electron chi connectivity index (χ4n) is 4.64. The summed E-state index contributed by atoms with van der Waals surface area (Å²) in [6.07, 6.45) is 0.821. The highest BCUT2D eigenvalue weighted by Crippen LogP contribution is 2.38. The van der Waals surface area contributed by atoms with Crippen molar-refractivity contribution in [1.82, 2.24) is 9.80 Å². The lowest BCUT2D eigenvalue weighted by Crippen LogP contribution is -2.33. The Kier molecular flexibility index (Phi) is 6.91. The second-order valence-corrected chi connectivity index (χ2v) is 9.35. The second-order valence-electron chi connectivity index (χ2n) is 8.92. The van der Waals surface area contributed by atoms with Crippen LogP contribution in [-0.4, -0.2) is 41.9 Å². The van der Waals surface area contributed by atoms with E-state index >= 15 is 0 Å². The molecule has 0 aliphatic carbocycles. The molecular formula is C27H31ClN2O3. The van der Waals surface area contributed by atoms with Gasteiger partial charge in [-0.1, -0.05) is 63.6 Å². The predicted octanol–water partition coefficient (Wildman–Crippen LogP) is 5.85. The molecule has 2 heterocycles. The number of carbonyl (C=O) groups is 1. The highest BCUT2D eigenvalue weighted by molar-refractivity contribution is 6.31. The van der Waals surface area contributed by atoms with Crippen molar-refractivity contribution in [2.24, 2.45) is 0 Å². The van der Waals surface area contributed by atoms with Gasteiger partial charge in [-0.2, -0.15) is 0 Å². The van der Waals surface area contributed by atoms with Crippen molar-refractivity contribution < 1.29 is 9.21 Å². The predicted molar refractivity (Wildman–Crippen MR) is 133 cm³/mol. The lowest BCUT2D eigenvalue weighted by atomic mass is 9.95. The Labute approximate surface area is 199 Å². The SMILES string of the molecule is CCN(CC)CCCN1C(=O)c2oc3ccc(Cl)cc3c(=O)c2C1c1ccc(C(C)C)cc1. The first kappa shape index (κ1) is 23.5. The lowest BCUT2D eigenvalue weighted by Gasteiger charge is -2.27. The van der Waals surface area contributed by atoms with Crippen LogP contribution in [0.5, 0.6) is 0 Å². The van der Waals surface area contributed by atoms with E-state index in [2.05, 4.69) is 44.7 Å². The molecule has 0 bridgehead atoms. The molecule has 2 aromatic carbocycles. The van der Waals surface area contributed by atoms with Gasteiger partial charge in [0.1, 0.15) is 5.58 Å². The highest BCUT2D eigenvalue weighted by atomic mass is 35.5. The van der Waals surface area contributed by atoms with Crippen LogP contribution in [0.25, 0.3) is 11.0 Å². The van der Waals surface area contributed by atoms with Crippen molar-refractivity contribution in [3.05, 3.63) is 80.2 Å². The first-order valence-corrected chi connectivity index (χ1v) is 12.1. The first-order chi connectivity index (χ1) is 15.8. The van der Waals surface area contributed by atoms with Gasteiger partial charge in [0.25, 0.3) is 5.91 Å². The number of fused-ring (bicyclic) bond motifs is 2. The molecule has 1 aromatic heterocycles. The maximum absolute atomic E-state index is 13.6. The van der Waals surface area contributed by atoms with Crippen LogP contribution in [-0.2, 0) is 0 Å². The number of benzene rings is 2. The van der Waals surface area contributed by atoms with E-state index in [0.29, 0.717) is 34.0 Å². The normalized spacial score (nSPS) is 15.8. The van der Waals surface area contributed by atoms with Crippen LogP contribution in [0.3, 0.4) is 0 Å². The average molecular weight is 467 g/mol. The summed E-state index contributed by atoms with van der Waals surface area (Å²) in [5, 5.41) is 0.871. The molecule has 5 nitrogen and oxygen atoms in total. The smallest absolute Gasteiger partial charge is 0.290 e. The largest absolute Gasteiger partial charge is 0.450 e. The summed E-state index contributed by atoms with van der Waals surface area (Å²) < 4.78 is 6.01. The zero-order chi connectivity index (χ0) is 23.7. The molecule has 0 radical (unpaired) electrons. The second kappa shape index (κ2) is 9.70. The molecule has 0 saturated carbocycles. The maximum atomic E-state index is 13.6. The summed E-state index contributed by atoms with van der Waals surface area (Å²) >= 11 is 6.16. The van der Waals surface area contributed by atoms with Gasteiger partial charge >= 0.3 is 0 Å². The highest BCUT2D eigenvalue weighted by Gasteiger charge is 2.42. The van der Waals surface area contributed by atoms with E-state index in [1.807, 2.05) is 12.1 Å². The zero-order valence-corrected chi connectivity index (χ0v) is 20.5. The van der Waals surface area contributed by atoms with Crippen molar-refractivity contribution in [3.8, 4) is 0 Å². The number of carbonyl (C=O) groups excluding carboxylic acids is 1. The van der Waals surface area contributed by atoms with Crippen molar-refractivity contribution in [2.75, 3.05) is 26.2 Å². The molecule has 174 valence electrons. The number of rotatable bonds is 8. The molecule has 1 atom stereocenters. The number of hydrogen-bond acceptors (Lipinski definition) is 4. The summed E-state index contributed by atoms with van der Waals surface area (Å²) in [4.78, 5) is 31.2. The first-order valence-electron chi connectivity index (χ1n) is 11.7. The lowest BCUT2D eigenvalue weighted by molar-refractivity contribution is 0.0720. The summed E-state index contributed by atoms with van der Waals surface area (Å²) in [5.41, 5.74) is 2.74. The minimum Gasteiger partial charge on any atom is -0.450 e. The van der Waals surface area contributed by atoms with E-state index in [1.54, 1.807) is 23.1 Å². The van der Waals surface area contributed by atoms with Gasteiger partial charge in [-0.05, 0) is 61.3 Å². The van der Waals surface area contributed by atoms with Crippen LogP contribution in [0.2, 0.25) is 5.02 Å². The van der Waals surface area contributed by atoms with Gasteiger partial charge in [-0.3, -0.25) is 9.59 Å². The third-order valence-corrected chi connectivity index (χ3v) is 6.85. The molecule has 0 saturated heterocycles. The Morgan fingerprint density at radius 1 is 1.06 bits per heavy atom. The van der Waals surface area contributed by atoms with Crippen LogP contribution in [0.4, 0.5) is 0 Å². The van der Waals surface area contributed by atoms with Gasteiger partial charge in [0.15, 0.2) is 5.43 Å². The van der Waals surface area contributed by atoms with Gasteiger partial charge in [0.2, 0.25) is 5.76 Å². The van der Waals surface area contributed by atoms with Gasteiger partial charge < -0.3 is 14.2 Å². The topological polar surface area (TPSA) is 53.8 Å². The Morgan fingerprint density at radius 3 is 2.39 bits per heavy atom. The van der Waals surface area contributed by atoms with E-state index in [0.717, 1.165) is 31.6 Å². The Morgan fingerprint density at radius 2 is 1.76 bits per heavy atom. The van der Waals surface area contributed by atoms with E-state index in [9.17, 15) is 9.59 Å². The molecule has 6 heteroatoms. The summed E-state index contributed by atoms with van der Waals surface area (Å²) in [7, 11) is 0. The molecule has 1 aliphatic heterocycles. The van der Waals surface area contributed by atoms with Crippen molar-refractivity contribution in [1.29, 1.82) is 0 Å². The molecule has 1 unspecified atom stereocenters. The third-order valence-electron chi connectivity index (χ3n) is 6.61. The number of halogens is 1. The molecule has 0 N–H and O–H groups in total. The molecule has 1 aliphatic rings. The van der Waals surface area contributed by atoms with Crippen molar-refractivity contribution >= 4 is 28.5 Å². The molecule has 1 amide bonds. The maximum Gasteiger partial charge on any atom is 0.290 e. The van der Waals surface area contributed by atoms with Crippen LogP contribution in [0.15, 0.2) is 51.7 Å². The van der Waals surface area contributed by atoms with E-state index in [-0.39, 0.29) is 17.1 Å². The van der Waals surface area contributed by atoms with Crippen LogP contribution >= 0.6 is 11.6 Å². The number of amides is 1. The number of nitrogens with zero attached hydrogens (tertiary/aromatic N) is 2. The average Bonchev–Trinajstić information content (AvgIpc) is 3.09.